The van der Waals surface area contributed by atoms with Gasteiger partial charge in [-0.2, -0.15) is 0 Å². The predicted molar refractivity (Wildman–Crippen MR) is 181 cm³/mol. The smallest absolute Gasteiger partial charge is 0.264 e. The summed E-state index contributed by atoms with van der Waals surface area (Å²) in [5.41, 5.74) is 3.52. The van der Waals surface area contributed by atoms with Crippen molar-refractivity contribution in [3.8, 4) is 0 Å². The highest BCUT2D eigenvalue weighted by Gasteiger charge is 2.35. The first-order valence-electron chi connectivity index (χ1n) is 15.0. The molecule has 4 aromatic rings. The van der Waals surface area contributed by atoms with Crippen LogP contribution in [0.3, 0.4) is 0 Å². The fourth-order valence-corrected chi connectivity index (χ4v) is 6.73. The largest absolute Gasteiger partial charge is 0.352 e. The van der Waals surface area contributed by atoms with Gasteiger partial charge in [0.2, 0.25) is 11.8 Å². The van der Waals surface area contributed by atoms with E-state index in [-0.39, 0.29) is 29.8 Å². The number of benzene rings is 4. The average molecular weight is 646 g/mol. The summed E-state index contributed by atoms with van der Waals surface area (Å²) in [4.78, 5) is 30.1. The van der Waals surface area contributed by atoms with Gasteiger partial charge in [0.1, 0.15) is 12.6 Å². The number of amides is 2. The second-order valence-corrected chi connectivity index (χ2v) is 13.4. The number of carbonyl (C=O) groups excluding carboxylic acids is 2. The molecular weight excluding hydrogens is 606 g/mol. The molecule has 0 heterocycles. The zero-order chi connectivity index (χ0) is 32.6. The standard InChI is InChI=1S/C36H40ClN3O4S/c1-5-27(3)38-36(42)34(23-29-16-8-6-9-17-29)39(24-30-18-12-13-21-32(30)37)35(41)25-40(33-22-14-15-26(2)28(33)4)45(43,44)31-19-10-7-11-20-31/h6-22,27,34H,5,23-25H2,1-4H3,(H,38,42)/t27-,34-/m0/s1. The normalized spacial score (nSPS) is 12.6. The number of hydrogen-bond acceptors (Lipinski definition) is 4. The SMILES string of the molecule is CC[C@H](C)NC(=O)[C@H](Cc1ccccc1)N(Cc1ccccc1Cl)C(=O)CN(c1cccc(C)c1C)S(=O)(=O)c1ccccc1. The van der Waals surface area contributed by atoms with Crippen LogP contribution in [0.25, 0.3) is 0 Å². The van der Waals surface area contributed by atoms with Crippen LogP contribution in [-0.2, 0) is 32.6 Å². The molecule has 2 atom stereocenters. The molecule has 0 fully saturated rings. The van der Waals surface area contributed by atoms with E-state index in [2.05, 4.69) is 5.32 Å². The average Bonchev–Trinajstić information content (AvgIpc) is 3.04. The Balaban J connectivity index is 1.84. The number of nitrogens with zero attached hydrogens (tertiary/aromatic N) is 2. The molecule has 7 nitrogen and oxygen atoms in total. The lowest BCUT2D eigenvalue weighted by Gasteiger charge is -2.35. The summed E-state index contributed by atoms with van der Waals surface area (Å²) in [6.07, 6.45) is 0.937. The van der Waals surface area contributed by atoms with Crippen molar-refractivity contribution >= 4 is 39.1 Å². The van der Waals surface area contributed by atoms with Gasteiger partial charge in [-0.3, -0.25) is 13.9 Å². The summed E-state index contributed by atoms with van der Waals surface area (Å²) in [5, 5.41) is 3.49. The van der Waals surface area contributed by atoms with Crippen LogP contribution in [0.15, 0.2) is 108 Å². The van der Waals surface area contributed by atoms with E-state index in [4.69, 9.17) is 11.6 Å². The van der Waals surface area contributed by atoms with Crippen molar-refractivity contribution in [1.29, 1.82) is 0 Å². The molecule has 4 rings (SSSR count). The Labute approximate surface area is 271 Å². The molecule has 0 bridgehead atoms. The molecule has 4 aromatic carbocycles. The third kappa shape index (κ3) is 8.32. The monoisotopic (exact) mass is 645 g/mol. The fourth-order valence-electron chi connectivity index (χ4n) is 5.04. The first-order valence-corrected chi connectivity index (χ1v) is 16.9. The van der Waals surface area contributed by atoms with Crippen molar-refractivity contribution in [3.63, 3.8) is 0 Å². The number of hydrogen-bond donors (Lipinski definition) is 1. The molecule has 0 spiro atoms. The molecule has 2 amide bonds. The summed E-state index contributed by atoms with van der Waals surface area (Å²) in [7, 11) is -4.17. The van der Waals surface area contributed by atoms with Gasteiger partial charge in [-0.1, -0.05) is 97.4 Å². The van der Waals surface area contributed by atoms with Gasteiger partial charge < -0.3 is 10.2 Å². The first kappa shape index (κ1) is 33.7. The molecule has 0 aromatic heterocycles. The van der Waals surface area contributed by atoms with Crippen LogP contribution in [0.2, 0.25) is 5.02 Å². The molecule has 45 heavy (non-hydrogen) atoms. The molecule has 0 aliphatic heterocycles. The van der Waals surface area contributed by atoms with Crippen molar-refractivity contribution in [1.82, 2.24) is 10.2 Å². The number of anilines is 1. The van der Waals surface area contributed by atoms with Crippen LogP contribution in [0, 0.1) is 13.8 Å². The molecule has 0 unspecified atom stereocenters. The highest BCUT2D eigenvalue weighted by Crippen LogP contribution is 2.29. The number of halogens is 1. The zero-order valence-corrected chi connectivity index (χ0v) is 27.7. The second kappa shape index (κ2) is 15.2. The van der Waals surface area contributed by atoms with Crippen molar-refractivity contribution in [3.05, 3.63) is 130 Å². The minimum absolute atomic E-state index is 0.00988. The third-order valence-electron chi connectivity index (χ3n) is 8.03. The van der Waals surface area contributed by atoms with Crippen LogP contribution >= 0.6 is 11.6 Å². The topological polar surface area (TPSA) is 86.8 Å². The summed E-state index contributed by atoms with van der Waals surface area (Å²) in [5.74, 6) is -0.853. The van der Waals surface area contributed by atoms with E-state index in [9.17, 15) is 18.0 Å². The van der Waals surface area contributed by atoms with E-state index < -0.39 is 28.5 Å². The Kier molecular flexibility index (Phi) is 11.4. The Morgan fingerprint density at radius 3 is 2.11 bits per heavy atom. The van der Waals surface area contributed by atoms with Crippen molar-refractivity contribution in [2.75, 3.05) is 10.8 Å². The minimum atomic E-state index is -4.17. The number of sulfonamides is 1. The van der Waals surface area contributed by atoms with Crippen molar-refractivity contribution in [2.24, 2.45) is 0 Å². The molecule has 0 saturated carbocycles. The van der Waals surface area contributed by atoms with E-state index in [1.807, 2.05) is 70.2 Å². The van der Waals surface area contributed by atoms with Crippen LogP contribution in [0.5, 0.6) is 0 Å². The van der Waals surface area contributed by atoms with E-state index in [0.29, 0.717) is 22.7 Å². The van der Waals surface area contributed by atoms with Gasteiger partial charge in [-0.05, 0) is 73.7 Å². The van der Waals surface area contributed by atoms with Crippen molar-refractivity contribution < 1.29 is 18.0 Å². The van der Waals surface area contributed by atoms with E-state index in [0.717, 1.165) is 21.0 Å². The highest BCUT2D eigenvalue weighted by atomic mass is 35.5. The van der Waals surface area contributed by atoms with Crippen LogP contribution in [0.1, 0.15) is 42.5 Å². The lowest BCUT2D eigenvalue weighted by molar-refractivity contribution is -0.140. The molecular formula is C36H40ClN3O4S. The van der Waals surface area contributed by atoms with Crippen LogP contribution < -0.4 is 9.62 Å². The molecule has 236 valence electrons. The van der Waals surface area contributed by atoms with Gasteiger partial charge in [0.05, 0.1) is 10.6 Å². The number of nitrogens with one attached hydrogen (secondary N) is 1. The maximum absolute atomic E-state index is 14.6. The molecule has 1 N–H and O–H groups in total. The van der Waals surface area contributed by atoms with Gasteiger partial charge in [0.25, 0.3) is 10.0 Å². The van der Waals surface area contributed by atoms with E-state index in [1.165, 1.54) is 17.0 Å². The predicted octanol–water partition coefficient (Wildman–Crippen LogP) is 6.71. The molecule has 0 radical (unpaired) electrons. The summed E-state index contributed by atoms with van der Waals surface area (Å²) in [6, 6.07) is 29.0. The Morgan fingerprint density at radius 1 is 0.844 bits per heavy atom. The highest BCUT2D eigenvalue weighted by molar-refractivity contribution is 7.92. The molecule has 0 aliphatic rings. The number of rotatable bonds is 13. The maximum Gasteiger partial charge on any atom is 0.264 e. The van der Waals surface area contributed by atoms with Crippen LogP contribution in [-0.4, -0.2) is 43.8 Å². The zero-order valence-electron chi connectivity index (χ0n) is 26.1. The van der Waals surface area contributed by atoms with Gasteiger partial charge in [-0.15, -0.1) is 0 Å². The number of carbonyl (C=O) groups is 2. The summed E-state index contributed by atoms with van der Waals surface area (Å²) < 4.78 is 29.6. The van der Waals surface area contributed by atoms with E-state index >= 15 is 0 Å². The van der Waals surface area contributed by atoms with Gasteiger partial charge in [0.15, 0.2) is 0 Å². The molecule has 0 aliphatic carbocycles. The Hall–Kier alpha value is -4.14. The molecule has 0 saturated heterocycles. The first-order chi connectivity index (χ1) is 21.5. The lowest BCUT2D eigenvalue weighted by Crippen LogP contribution is -2.54. The lowest BCUT2D eigenvalue weighted by atomic mass is 10.0. The minimum Gasteiger partial charge on any atom is -0.352 e. The summed E-state index contributed by atoms with van der Waals surface area (Å²) in [6.45, 7) is 7.10. The number of aryl methyl sites for hydroxylation is 1. The van der Waals surface area contributed by atoms with Crippen LogP contribution in [0.4, 0.5) is 5.69 Å². The van der Waals surface area contributed by atoms with Gasteiger partial charge in [0, 0.05) is 24.0 Å². The third-order valence-corrected chi connectivity index (χ3v) is 10.2. The second-order valence-electron chi connectivity index (χ2n) is 11.2. The fraction of sp³-hybridized carbons (Fsp3) is 0.278. The summed E-state index contributed by atoms with van der Waals surface area (Å²) >= 11 is 6.57. The van der Waals surface area contributed by atoms with Gasteiger partial charge in [-0.25, -0.2) is 8.42 Å². The Morgan fingerprint density at radius 2 is 1.47 bits per heavy atom. The molecule has 9 heteroatoms. The van der Waals surface area contributed by atoms with Gasteiger partial charge >= 0.3 is 0 Å². The van der Waals surface area contributed by atoms with E-state index in [1.54, 1.807) is 48.5 Å². The Bertz CT molecular complexity index is 1720. The maximum atomic E-state index is 14.6. The van der Waals surface area contributed by atoms with Crippen molar-refractivity contribution in [2.45, 2.75) is 64.1 Å². The quantitative estimate of drug-likeness (QED) is 0.175.